The molecular formula is C35H39F2N7O4. The van der Waals surface area contributed by atoms with Crippen LogP contribution in [0.5, 0.6) is 5.75 Å². The summed E-state index contributed by atoms with van der Waals surface area (Å²) >= 11 is 0. The molecule has 48 heavy (non-hydrogen) atoms. The number of rotatable bonds is 10. The van der Waals surface area contributed by atoms with Crippen LogP contribution < -0.4 is 19.4 Å². The van der Waals surface area contributed by atoms with E-state index in [1.807, 2.05) is 60.0 Å². The van der Waals surface area contributed by atoms with Crippen LogP contribution in [0, 0.1) is 11.6 Å². The van der Waals surface area contributed by atoms with Crippen molar-refractivity contribution in [3.8, 4) is 5.75 Å². The SMILES string of the molecule is CC(C)N1CCN(c2ccc(N3CCN(c4ccc(OC[C@@H]5OC[C@](Cn6cncn6)(c6ccc(F)cc6F)O5)cc4)CC3)cc2)C1=O. The standard InChI is InChI=1S/C35H39F2N7O4/c1-25(2)43-17-18-44(34(43)45)29-6-4-27(5-7-29)40-13-15-41(16-14-40)28-8-10-30(11-9-28)46-20-33-47-22-35(48-33,21-42-24-38-23-39-42)31-12-3-26(36)19-32(31)37/h3-12,19,23-25,33H,13-18,20-22H2,1-2H3/t33-,35-/m1/s1. The van der Waals surface area contributed by atoms with Gasteiger partial charge in [-0.1, -0.05) is 6.07 Å². The van der Waals surface area contributed by atoms with Crippen molar-refractivity contribution in [2.24, 2.45) is 0 Å². The summed E-state index contributed by atoms with van der Waals surface area (Å²) in [5.41, 5.74) is 2.15. The molecule has 0 aliphatic carbocycles. The number of halogens is 2. The Morgan fingerprint density at radius 2 is 1.56 bits per heavy atom. The Hall–Kier alpha value is -4.75. The highest BCUT2D eigenvalue weighted by molar-refractivity contribution is 5.94. The smallest absolute Gasteiger partial charge is 0.324 e. The molecule has 3 saturated heterocycles. The minimum Gasteiger partial charge on any atom is -0.488 e. The van der Waals surface area contributed by atoms with Crippen LogP contribution in [0.2, 0.25) is 0 Å². The average molecular weight is 660 g/mol. The first-order valence-electron chi connectivity index (χ1n) is 16.3. The summed E-state index contributed by atoms with van der Waals surface area (Å²) < 4.78 is 48.2. The predicted octanol–water partition coefficient (Wildman–Crippen LogP) is 4.88. The molecule has 0 N–H and O–H groups in total. The second-order valence-corrected chi connectivity index (χ2v) is 12.6. The monoisotopic (exact) mass is 659 g/mol. The van der Waals surface area contributed by atoms with E-state index in [-0.39, 0.29) is 37.4 Å². The summed E-state index contributed by atoms with van der Waals surface area (Å²) in [5, 5.41) is 4.13. The third kappa shape index (κ3) is 6.52. The van der Waals surface area contributed by atoms with Gasteiger partial charge in [-0.15, -0.1) is 0 Å². The molecule has 7 rings (SSSR count). The van der Waals surface area contributed by atoms with Crippen molar-refractivity contribution >= 4 is 23.1 Å². The van der Waals surface area contributed by atoms with Crippen molar-refractivity contribution in [1.82, 2.24) is 19.7 Å². The molecule has 2 atom stereocenters. The van der Waals surface area contributed by atoms with Crippen LogP contribution >= 0.6 is 0 Å². The van der Waals surface area contributed by atoms with Crippen molar-refractivity contribution in [2.45, 2.75) is 38.3 Å². The Morgan fingerprint density at radius 3 is 2.17 bits per heavy atom. The van der Waals surface area contributed by atoms with Crippen LogP contribution in [0.25, 0.3) is 0 Å². The molecule has 2 amide bonds. The number of hydrogen-bond acceptors (Lipinski definition) is 8. The number of hydrogen-bond donors (Lipinski definition) is 0. The fourth-order valence-corrected chi connectivity index (χ4v) is 6.63. The first-order valence-corrected chi connectivity index (χ1v) is 16.3. The summed E-state index contributed by atoms with van der Waals surface area (Å²) in [7, 11) is 0. The molecule has 13 heteroatoms. The molecule has 0 bridgehead atoms. The number of ether oxygens (including phenoxy) is 3. The molecule has 3 fully saturated rings. The normalized spacial score (nSPS) is 21.5. The molecule has 252 valence electrons. The number of carbonyl (C=O) groups is 1. The van der Waals surface area contributed by atoms with Crippen molar-refractivity contribution in [2.75, 3.05) is 67.2 Å². The fraction of sp³-hybridized carbons (Fsp3) is 0.400. The van der Waals surface area contributed by atoms with Crippen molar-refractivity contribution in [1.29, 1.82) is 0 Å². The summed E-state index contributed by atoms with van der Waals surface area (Å²) in [4.78, 5) is 25.2. The zero-order valence-electron chi connectivity index (χ0n) is 27.0. The van der Waals surface area contributed by atoms with Crippen LogP contribution in [0.1, 0.15) is 19.4 Å². The van der Waals surface area contributed by atoms with Gasteiger partial charge in [-0.05, 0) is 68.4 Å². The van der Waals surface area contributed by atoms with Gasteiger partial charge in [-0.25, -0.2) is 23.2 Å². The Balaban J connectivity index is 0.914. The van der Waals surface area contributed by atoms with E-state index in [1.165, 1.54) is 29.5 Å². The van der Waals surface area contributed by atoms with E-state index in [0.29, 0.717) is 12.3 Å². The van der Waals surface area contributed by atoms with Crippen molar-refractivity contribution in [3.63, 3.8) is 0 Å². The van der Waals surface area contributed by atoms with Gasteiger partial charge in [0.25, 0.3) is 0 Å². The number of piperazine rings is 1. The number of anilines is 3. The van der Waals surface area contributed by atoms with Gasteiger partial charge in [0.2, 0.25) is 0 Å². The minimum absolute atomic E-state index is 0.0354. The van der Waals surface area contributed by atoms with Crippen LogP contribution in [0.15, 0.2) is 79.4 Å². The molecule has 3 aromatic carbocycles. The van der Waals surface area contributed by atoms with Crippen LogP contribution in [-0.2, 0) is 21.6 Å². The number of urea groups is 1. The molecule has 0 radical (unpaired) electrons. The van der Waals surface area contributed by atoms with Crippen LogP contribution in [0.4, 0.5) is 30.6 Å². The van der Waals surface area contributed by atoms with Crippen LogP contribution in [0.3, 0.4) is 0 Å². The van der Waals surface area contributed by atoms with E-state index >= 15 is 0 Å². The maximum Gasteiger partial charge on any atom is 0.324 e. The maximum atomic E-state index is 14.9. The van der Waals surface area contributed by atoms with E-state index in [4.69, 9.17) is 14.2 Å². The first kappa shape index (κ1) is 31.8. The summed E-state index contributed by atoms with van der Waals surface area (Å²) in [6, 6.07) is 19.9. The van der Waals surface area contributed by atoms with Crippen LogP contribution in [-0.4, -0.2) is 90.5 Å². The van der Waals surface area contributed by atoms with Gasteiger partial charge in [0.1, 0.15) is 42.2 Å². The number of aromatic nitrogens is 3. The van der Waals surface area contributed by atoms with Gasteiger partial charge in [-0.3, -0.25) is 4.90 Å². The van der Waals surface area contributed by atoms with E-state index < -0.39 is 23.5 Å². The molecular weight excluding hydrogens is 620 g/mol. The Kier molecular flexibility index (Phi) is 8.88. The lowest BCUT2D eigenvalue weighted by Crippen LogP contribution is -2.46. The van der Waals surface area contributed by atoms with Crippen molar-refractivity contribution < 1.29 is 27.8 Å². The number of benzene rings is 3. The van der Waals surface area contributed by atoms with E-state index in [0.717, 1.165) is 55.9 Å². The quantitative estimate of drug-likeness (QED) is 0.238. The zero-order chi connectivity index (χ0) is 33.3. The topological polar surface area (TPSA) is 88.4 Å². The van der Waals surface area contributed by atoms with Gasteiger partial charge in [0.05, 0.1) is 13.2 Å². The van der Waals surface area contributed by atoms with E-state index in [9.17, 15) is 13.6 Å². The molecule has 3 aliphatic heterocycles. The van der Waals surface area contributed by atoms with Crippen molar-refractivity contribution in [3.05, 3.63) is 96.6 Å². The number of nitrogens with zero attached hydrogens (tertiary/aromatic N) is 7. The molecule has 3 aliphatic rings. The largest absolute Gasteiger partial charge is 0.488 e. The van der Waals surface area contributed by atoms with Gasteiger partial charge in [-0.2, -0.15) is 5.10 Å². The number of amides is 2. The highest BCUT2D eigenvalue weighted by Crippen LogP contribution is 2.37. The van der Waals surface area contributed by atoms with Gasteiger partial charge in [0, 0.05) is 74.0 Å². The number of carbonyl (C=O) groups excluding carboxylic acids is 1. The molecule has 1 aromatic heterocycles. The first-order chi connectivity index (χ1) is 23.3. The lowest BCUT2D eigenvalue weighted by molar-refractivity contribution is -0.117. The molecule has 0 spiro atoms. The van der Waals surface area contributed by atoms with Gasteiger partial charge >= 0.3 is 6.03 Å². The molecule has 0 unspecified atom stereocenters. The Labute approximate surface area is 278 Å². The second kappa shape index (κ2) is 13.4. The molecule has 11 nitrogen and oxygen atoms in total. The summed E-state index contributed by atoms with van der Waals surface area (Å²) in [6.07, 6.45) is 2.12. The maximum absolute atomic E-state index is 14.9. The predicted molar refractivity (Wildman–Crippen MR) is 176 cm³/mol. The lowest BCUT2D eigenvalue weighted by atomic mass is 9.94. The third-order valence-electron chi connectivity index (χ3n) is 9.22. The highest BCUT2D eigenvalue weighted by Gasteiger charge is 2.45. The molecule has 4 aromatic rings. The fourth-order valence-electron chi connectivity index (χ4n) is 6.63. The second-order valence-electron chi connectivity index (χ2n) is 12.6. The summed E-state index contributed by atoms with van der Waals surface area (Å²) in [6.45, 7) is 9.31. The third-order valence-corrected chi connectivity index (χ3v) is 9.22. The molecule has 0 saturated carbocycles. The lowest BCUT2D eigenvalue weighted by Gasteiger charge is -2.37. The van der Waals surface area contributed by atoms with Gasteiger partial charge < -0.3 is 28.9 Å². The average Bonchev–Trinajstić information content (AvgIpc) is 3.85. The van der Waals surface area contributed by atoms with E-state index in [2.05, 4.69) is 32.0 Å². The molecule has 4 heterocycles. The summed E-state index contributed by atoms with van der Waals surface area (Å²) in [5.74, 6) is -0.736. The minimum atomic E-state index is -1.23. The van der Waals surface area contributed by atoms with Gasteiger partial charge in [0.15, 0.2) is 6.29 Å². The highest BCUT2D eigenvalue weighted by atomic mass is 19.1. The Morgan fingerprint density at radius 1 is 0.896 bits per heavy atom. The van der Waals surface area contributed by atoms with E-state index in [1.54, 1.807) is 0 Å². The zero-order valence-corrected chi connectivity index (χ0v) is 27.0. The Bertz CT molecular complexity index is 1700.